The van der Waals surface area contributed by atoms with Crippen molar-refractivity contribution in [2.24, 2.45) is 0 Å². The van der Waals surface area contributed by atoms with Gasteiger partial charge in [0.15, 0.2) is 0 Å². The third-order valence-corrected chi connectivity index (χ3v) is 7.82. The highest BCUT2D eigenvalue weighted by Crippen LogP contribution is 2.28. The molecule has 2 aromatic rings. The number of aryl methyl sites for hydroxylation is 1. The SMILES string of the molecule is CCOCCCN1C(=O)CN(S(=O)(=O)c2ccc(C)cc2)C[C@@]1(C)C(=O)NCc1ccccc1. The summed E-state index contributed by atoms with van der Waals surface area (Å²) in [5.74, 6) is -0.805. The maximum Gasteiger partial charge on any atom is 0.247 e. The third kappa shape index (κ3) is 5.84. The number of nitrogens with zero attached hydrogens (tertiary/aromatic N) is 2. The monoisotopic (exact) mass is 487 g/mol. The van der Waals surface area contributed by atoms with Crippen molar-refractivity contribution in [3.63, 3.8) is 0 Å². The minimum atomic E-state index is -3.95. The van der Waals surface area contributed by atoms with E-state index in [1.165, 1.54) is 17.0 Å². The molecule has 1 atom stereocenters. The number of carbonyl (C=O) groups excluding carboxylic acids is 2. The lowest BCUT2D eigenvalue weighted by molar-refractivity contribution is -0.153. The number of ether oxygens (including phenoxy) is 1. The van der Waals surface area contributed by atoms with Gasteiger partial charge >= 0.3 is 0 Å². The Morgan fingerprint density at radius 3 is 2.44 bits per heavy atom. The Balaban J connectivity index is 1.86. The molecule has 1 aliphatic rings. The van der Waals surface area contributed by atoms with Crippen molar-refractivity contribution in [2.45, 2.75) is 44.2 Å². The van der Waals surface area contributed by atoms with Gasteiger partial charge in [-0.3, -0.25) is 9.59 Å². The molecule has 0 bridgehead atoms. The summed E-state index contributed by atoms with van der Waals surface area (Å²) in [6.45, 7) is 6.53. The molecule has 0 unspecified atom stereocenters. The second-order valence-electron chi connectivity index (χ2n) is 8.62. The van der Waals surface area contributed by atoms with Gasteiger partial charge in [-0.25, -0.2) is 8.42 Å². The minimum Gasteiger partial charge on any atom is -0.382 e. The van der Waals surface area contributed by atoms with Gasteiger partial charge in [-0.15, -0.1) is 0 Å². The molecule has 0 radical (unpaired) electrons. The number of sulfonamides is 1. The van der Waals surface area contributed by atoms with Gasteiger partial charge in [0, 0.05) is 32.8 Å². The molecule has 0 spiro atoms. The van der Waals surface area contributed by atoms with E-state index < -0.39 is 27.4 Å². The zero-order valence-corrected chi connectivity index (χ0v) is 20.8. The van der Waals surface area contributed by atoms with Crippen molar-refractivity contribution in [1.82, 2.24) is 14.5 Å². The molecule has 1 aliphatic heterocycles. The first-order valence-corrected chi connectivity index (χ1v) is 12.9. The second kappa shape index (κ2) is 11.1. The standard InChI is InChI=1S/C25H33N3O5S/c1-4-33-16-8-15-28-23(29)18-27(34(31,32)22-13-11-20(2)12-14-22)19-25(28,3)24(30)26-17-21-9-6-5-7-10-21/h5-7,9-14H,4,8,15-19H2,1-3H3,(H,26,30)/t25-/m0/s1. The van der Waals surface area contributed by atoms with Gasteiger partial charge in [-0.05, 0) is 44.9 Å². The molecule has 1 N–H and O–H groups in total. The molecule has 1 saturated heterocycles. The Kier molecular flexibility index (Phi) is 8.46. The first-order chi connectivity index (χ1) is 16.2. The Hall–Kier alpha value is -2.75. The quantitative estimate of drug-likeness (QED) is 0.519. The second-order valence-corrected chi connectivity index (χ2v) is 10.6. The zero-order chi connectivity index (χ0) is 24.8. The highest BCUT2D eigenvalue weighted by atomic mass is 32.2. The predicted molar refractivity (Wildman–Crippen MR) is 129 cm³/mol. The van der Waals surface area contributed by atoms with Gasteiger partial charge in [-0.2, -0.15) is 4.31 Å². The van der Waals surface area contributed by atoms with E-state index in [4.69, 9.17) is 4.74 Å². The summed E-state index contributed by atoms with van der Waals surface area (Å²) in [6.07, 6.45) is 0.547. The first kappa shape index (κ1) is 25.9. The van der Waals surface area contributed by atoms with Crippen LogP contribution in [-0.4, -0.2) is 67.8 Å². The molecule has 0 saturated carbocycles. The fourth-order valence-electron chi connectivity index (χ4n) is 4.03. The molecule has 1 heterocycles. The number of rotatable bonds is 10. The molecular weight excluding hydrogens is 454 g/mol. The summed E-state index contributed by atoms with van der Waals surface area (Å²) in [7, 11) is -3.95. The Bertz CT molecular complexity index is 1090. The van der Waals surface area contributed by atoms with Crippen molar-refractivity contribution in [3.8, 4) is 0 Å². The summed E-state index contributed by atoms with van der Waals surface area (Å²) in [5, 5.41) is 2.89. The summed E-state index contributed by atoms with van der Waals surface area (Å²) < 4.78 is 33.2. The Morgan fingerprint density at radius 2 is 1.79 bits per heavy atom. The lowest BCUT2D eigenvalue weighted by Crippen LogP contribution is -2.69. The van der Waals surface area contributed by atoms with Gasteiger partial charge in [0.2, 0.25) is 21.8 Å². The molecule has 0 aliphatic carbocycles. The van der Waals surface area contributed by atoms with E-state index in [1.807, 2.05) is 44.2 Å². The van der Waals surface area contributed by atoms with E-state index in [-0.39, 0.29) is 24.5 Å². The van der Waals surface area contributed by atoms with E-state index in [1.54, 1.807) is 19.1 Å². The first-order valence-electron chi connectivity index (χ1n) is 11.5. The van der Waals surface area contributed by atoms with Crippen molar-refractivity contribution in [2.75, 3.05) is 32.8 Å². The molecule has 1 fully saturated rings. The third-order valence-electron chi connectivity index (χ3n) is 6.01. The lowest BCUT2D eigenvalue weighted by atomic mass is 9.95. The van der Waals surface area contributed by atoms with Crippen LogP contribution in [0.1, 0.15) is 31.4 Å². The van der Waals surface area contributed by atoms with Gasteiger partial charge < -0.3 is 15.0 Å². The molecule has 2 amide bonds. The average molecular weight is 488 g/mol. The Morgan fingerprint density at radius 1 is 1.12 bits per heavy atom. The van der Waals surface area contributed by atoms with E-state index in [0.29, 0.717) is 26.2 Å². The van der Waals surface area contributed by atoms with Crippen LogP contribution in [0.25, 0.3) is 0 Å². The summed E-state index contributed by atoms with van der Waals surface area (Å²) in [5.41, 5.74) is 0.474. The number of nitrogens with one attached hydrogen (secondary N) is 1. The van der Waals surface area contributed by atoms with E-state index in [2.05, 4.69) is 5.32 Å². The summed E-state index contributed by atoms with van der Waals surface area (Å²) in [6, 6.07) is 15.9. The van der Waals surface area contributed by atoms with Crippen molar-refractivity contribution in [3.05, 3.63) is 65.7 Å². The van der Waals surface area contributed by atoms with Crippen LogP contribution in [0, 0.1) is 6.92 Å². The van der Waals surface area contributed by atoms with Crippen molar-refractivity contribution in [1.29, 1.82) is 0 Å². The van der Waals surface area contributed by atoms with Crippen molar-refractivity contribution < 1.29 is 22.7 Å². The molecule has 34 heavy (non-hydrogen) atoms. The van der Waals surface area contributed by atoms with Gasteiger partial charge in [0.05, 0.1) is 11.4 Å². The van der Waals surface area contributed by atoms with Crippen LogP contribution >= 0.6 is 0 Å². The fourth-order valence-corrected chi connectivity index (χ4v) is 5.51. The number of hydrogen-bond acceptors (Lipinski definition) is 5. The van der Waals surface area contributed by atoms with Gasteiger partial charge in [-0.1, -0.05) is 48.0 Å². The minimum absolute atomic E-state index is 0.0998. The number of carbonyl (C=O) groups is 2. The highest BCUT2D eigenvalue weighted by molar-refractivity contribution is 7.89. The molecule has 8 nitrogen and oxygen atoms in total. The molecule has 184 valence electrons. The molecule has 3 rings (SSSR count). The molecule has 9 heteroatoms. The lowest BCUT2D eigenvalue weighted by Gasteiger charge is -2.46. The predicted octanol–water partition coefficient (Wildman–Crippen LogP) is 2.33. The van der Waals surface area contributed by atoms with Crippen LogP contribution in [0.4, 0.5) is 0 Å². The van der Waals surface area contributed by atoms with Crippen LogP contribution in [-0.2, 0) is 30.9 Å². The largest absolute Gasteiger partial charge is 0.382 e. The van der Waals surface area contributed by atoms with Crippen LogP contribution in [0.3, 0.4) is 0 Å². The topological polar surface area (TPSA) is 96.0 Å². The van der Waals surface area contributed by atoms with E-state index in [0.717, 1.165) is 15.4 Å². The number of amides is 2. The van der Waals surface area contributed by atoms with E-state index >= 15 is 0 Å². The molecular formula is C25H33N3O5S. The average Bonchev–Trinajstić information content (AvgIpc) is 2.82. The highest BCUT2D eigenvalue weighted by Gasteiger charge is 2.50. The normalized spacial score (nSPS) is 19.3. The van der Waals surface area contributed by atoms with Gasteiger partial charge in [0.25, 0.3) is 0 Å². The summed E-state index contributed by atoms with van der Waals surface area (Å²) in [4.78, 5) is 28.2. The van der Waals surface area contributed by atoms with Crippen LogP contribution < -0.4 is 5.32 Å². The number of piperazine rings is 1. The fraction of sp³-hybridized carbons (Fsp3) is 0.440. The zero-order valence-electron chi connectivity index (χ0n) is 20.0. The van der Waals surface area contributed by atoms with Crippen LogP contribution in [0.15, 0.2) is 59.5 Å². The van der Waals surface area contributed by atoms with Gasteiger partial charge in [0.1, 0.15) is 5.54 Å². The molecule has 2 aromatic carbocycles. The maximum atomic E-state index is 13.4. The van der Waals surface area contributed by atoms with Crippen LogP contribution in [0.5, 0.6) is 0 Å². The van der Waals surface area contributed by atoms with Crippen LogP contribution in [0.2, 0.25) is 0 Å². The maximum absolute atomic E-state index is 13.4. The molecule has 0 aromatic heterocycles. The number of hydrogen-bond donors (Lipinski definition) is 1. The number of benzene rings is 2. The van der Waals surface area contributed by atoms with Crippen molar-refractivity contribution >= 4 is 21.8 Å². The van der Waals surface area contributed by atoms with E-state index in [9.17, 15) is 18.0 Å². The smallest absolute Gasteiger partial charge is 0.247 e. The Labute approximate surface area is 201 Å². The summed E-state index contributed by atoms with van der Waals surface area (Å²) >= 11 is 0.